The molecule has 1 saturated heterocycles. The van der Waals surface area contributed by atoms with Gasteiger partial charge in [-0.3, -0.25) is 0 Å². The topological polar surface area (TPSA) is 82.0 Å². The molecule has 0 atom stereocenters. The fourth-order valence-corrected chi connectivity index (χ4v) is 2.06. The summed E-state index contributed by atoms with van der Waals surface area (Å²) in [5, 5.41) is 31.8. The highest BCUT2D eigenvalue weighted by Crippen LogP contribution is 2.37. The number of aromatic hydroxyl groups is 3. The Hall–Kier alpha value is -1.46. The minimum absolute atomic E-state index is 0.0157. The van der Waals surface area contributed by atoms with Gasteiger partial charge in [0, 0.05) is 30.9 Å². The van der Waals surface area contributed by atoms with Crippen LogP contribution in [0.1, 0.15) is 25.3 Å². The van der Waals surface area contributed by atoms with Crippen LogP contribution in [0.15, 0.2) is 12.1 Å². The second-order valence-electron chi connectivity index (χ2n) is 4.97. The van der Waals surface area contributed by atoms with Crippen molar-refractivity contribution in [2.75, 3.05) is 13.2 Å². The van der Waals surface area contributed by atoms with Gasteiger partial charge in [0.1, 0.15) is 0 Å². The molecule has 0 aromatic heterocycles. The van der Waals surface area contributed by atoms with Crippen molar-refractivity contribution < 1.29 is 20.1 Å². The van der Waals surface area contributed by atoms with E-state index in [9.17, 15) is 15.3 Å². The molecule has 1 aliphatic rings. The number of benzene rings is 1. The highest BCUT2D eigenvalue weighted by Gasteiger charge is 2.26. The largest absolute Gasteiger partial charge is 0.504 e. The molecule has 0 aliphatic carbocycles. The van der Waals surface area contributed by atoms with Crippen LogP contribution in [0.25, 0.3) is 0 Å². The molecule has 0 bridgehead atoms. The predicted octanol–water partition coefficient (Wildman–Crippen LogP) is 1.46. The minimum Gasteiger partial charge on any atom is -0.504 e. The van der Waals surface area contributed by atoms with E-state index in [1.165, 1.54) is 6.07 Å². The highest BCUT2D eigenvalue weighted by molar-refractivity contribution is 5.53. The molecule has 1 aliphatic heterocycles. The maximum Gasteiger partial charge on any atom is 0.200 e. The lowest BCUT2D eigenvalue weighted by atomic mass is 9.92. The molecule has 1 fully saturated rings. The lowest BCUT2D eigenvalue weighted by Crippen LogP contribution is -2.46. The molecule has 1 aromatic rings. The van der Waals surface area contributed by atoms with Gasteiger partial charge in [-0.25, -0.2) is 0 Å². The van der Waals surface area contributed by atoms with Gasteiger partial charge in [-0.05, 0) is 25.8 Å². The SMILES string of the molecule is CC1(NCc2ccc(O)c(O)c2O)CCOCC1. The second kappa shape index (κ2) is 5.04. The number of hydrogen-bond donors (Lipinski definition) is 4. The third kappa shape index (κ3) is 2.68. The highest BCUT2D eigenvalue weighted by atomic mass is 16.5. The Bertz CT molecular complexity index is 427. The van der Waals surface area contributed by atoms with E-state index in [1.807, 2.05) is 0 Å². The van der Waals surface area contributed by atoms with Crippen LogP contribution in [0, 0.1) is 0 Å². The lowest BCUT2D eigenvalue weighted by Gasteiger charge is -2.34. The van der Waals surface area contributed by atoms with Gasteiger partial charge in [0.25, 0.3) is 0 Å². The second-order valence-corrected chi connectivity index (χ2v) is 4.97. The first kappa shape index (κ1) is 13.0. The van der Waals surface area contributed by atoms with Crippen molar-refractivity contribution in [3.8, 4) is 17.2 Å². The molecular weight excluding hydrogens is 234 g/mol. The first-order chi connectivity index (χ1) is 8.52. The van der Waals surface area contributed by atoms with Crippen LogP contribution in [-0.4, -0.2) is 34.1 Å². The fraction of sp³-hybridized carbons (Fsp3) is 0.538. The number of nitrogens with one attached hydrogen (secondary N) is 1. The average Bonchev–Trinajstić information content (AvgIpc) is 2.36. The van der Waals surface area contributed by atoms with E-state index < -0.39 is 5.75 Å². The first-order valence-electron chi connectivity index (χ1n) is 6.07. The Morgan fingerprint density at radius 1 is 1.17 bits per heavy atom. The summed E-state index contributed by atoms with van der Waals surface area (Å²) in [5.41, 5.74) is 0.552. The van der Waals surface area contributed by atoms with Crippen molar-refractivity contribution in [1.82, 2.24) is 5.32 Å². The zero-order valence-electron chi connectivity index (χ0n) is 10.4. The van der Waals surface area contributed by atoms with Gasteiger partial charge in [0.15, 0.2) is 11.5 Å². The van der Waals surface area contributed by atoms with E-state index in [4.69, 9.17) is 4.74 Å². The molecule has 0 saturated carbocycles. The smallest absolute Gasteiger partial charge is 0.200 e. The Morgan fingerprint density at radius 2 is 1.83 bits per heavy atom. The van der Waals surface area contributed by atoms with Crippen LogP contribution in [0.5, 0.6) is 17.2 Å². The van der Waals surface area contributed by atoms with E-state index >= 15 is 0 Å². The fourth-order valence-electron chi connectivity index (χ4n) is 2.06. The van der Waals surface area contributed by atoms with E-state index in [1.54, 1.807) is 6.07 Å². The van der Waals surface area contributed by atoms with Gasteiger partial charge in [0.05, 0.1) is 0 Å². The molecule has 5 nitrogen and oxygen atoms in total. The lowest BCUT2D eigenvalue weighted by molar-refractivity contribution is 0.0445. The third-order valence-corrected chi connectivity index (χ3v) is 3.52. The average molecular weight is 253 g/mol. The maximum absolute atomic E-state index is 9.72. The molecule has 100 valence electrons. The first-order valence-corrected chi connectivity index (χ1v) is 6.07. The van der Waals surface area contributed by atoms with E-state index in [0.717, 1.165) is 26.1 Å². The van der Waals surface area contributed by atoms with Gasteiger partial charge < -0.3 is 25.4 Å². The number of phenols is 3. The Balaban J connectivity index is 2.04. The summed E-state index contributed by atoms with van der Waals surface area (Å²) in [6, 6.07) is 2.97. The van der Waals surface area contributed by atoms with Crippen LogP contribution >= 0.6 is 0 Å². The van der Waals surface area contributed by atoms with Gasteiger partial charge in [-0.15, -0.1) is 0 Å². The maximum atomic E-state index is 9.72. The van der Waals surface area contributed by atoms with Gasteiger partial charge in [-0.2, -0.15) is 0 Å². The Kier molecular flexibility index (Phi) is 3.63. The number of hydrogen-bond acceptors (Lipinski definition) is 5. The minimum atomic E-state index is -0.466. The van der Waals surface area contributed by atoms with E-state index in [-0.39, 0.29) is 17.0 Å². The normalized spacial score (nSPS) is 18.7. The quantitative estimate of drug-likeness (QED) is 0.613. The summed E-state index contributed by atoms with van der Waals surface area (Å²) < 4.78 is 5.31. The molecule has 1 aromatic carbocycles. The number of ether oxygens (including phenoxy) is 1. The molecule has 1 heterocycles. The zero-order chi connectivity index (χ0) is 13.2. The van der Waals surface area contributed by atoms with Crippen LogP contribution in [0.2, 0.25) is 0 Å². The van der Waals surface area contributed by atoms with Crippen molar-refractivity contribution in [3.05, 3.63) is 17.7 Å². The summed E-state index contributed by atoms with van der Waals surface area (Å²) in [7, 11) is 0. The third-order valence-electron chi connectivity index (χ3n) is 3.52. The zero-order valence-corrected chi connectivity index (χ0v) is 10.4. The van der Waals surface area contributed by atoms with Gasteiger partial charge >= 0.3 is 0 Å². The molecule has 0 spiro atoms. The standard InChI is InChI=1S/C13H19NO4/c1-13(4-6-18-7-5-13)14-8-9-2-3-10(15)12(17)11(9)16/h2-3,14-17H,4-8H2,1H3. The van der Waals surface area contributed by atoms with Crippen molar-refractivity contribution in [2.24, 2.45) is 0 Å². The summed E-state index contributed by atoms with van der Waals surface area (Å²) in [4.78, 5) is 0. The van der Waals surface area contributed by atoms with Crippen molar-refractivity contribution in [2.45, 2.75) is 31.8 Å². The summed E-state index contributed by atoms with van der Waals surface area (Å²) >= 11 is 0. The molecule has 5 heteroatoms. The molecule has 0 amide bonds. The molecule has 2 rings (SSSR count). The summed E-state index contributed by atoms with van der Waals surface area (Å²) in [6.07, 6.45) is 1.83. The predicted molar refractivity (Wildman–Crippen MR) is 66.7 cm³/mol. The summed E-state index contributed by atoms with van der Waals surface area (Å²) in [5.74, 6) is -1.04. The van der Waals surface area contributed by atoms with Crippen molar-refractivity contribution in [3.63, 3.8) is 0 Å². The molecule has 18 heavy (non-hydrogen) atoms. The Labute approximate surface area is 106 Å². The molecule has 4 N–H and O–H groups in total. The van der Waals surface area contributed by atoms with Gasteiger partial charge in [0.2, 0.25) is 5.75 Å². The molecule has 0 unspecified atom stereocenters. The van der Waals surface area contributed by atoms with Crippen LogP contribution in [0.3, 0.4) is 0 Å². The van der Waals surface area contributed by atoms with E-state index in [0.29, 0.717) is 12.1 Å². The monoisotopic (exact) mass is 253 g/mol. The van der Waals surface area contributed by atoms with E-state index in [2.05, 4.69) is 12.2 Å². The van der Waals surface area contributed by atoms with Crippen LogP contribution in [-0.2, 0) is 11.3 Å². The van der Waals surface area contributed by atoms with Gasteiger partial charge in [-0.1, -0.05) is 6.07 Å². The molecule has 0 radical (unpaired) electrons. The molecular formula is C13H19NO4. The Morgan fingerprint density at radius 3 is 2.50 bits per heavy atom. The number of phenolic OH excluding ortho intramolecular Hbond substituents is 3. The van der Waals surface area contributed by atoms with Crippen molar-refractivity contribution in [1.29, 1.82) is 0 Å². The number of rotatable bonds is 3. The van der Waals surface area contributed by atoms with Crippen LogP contribution < -0.4 is 5.32 Å². The van der Waals surface area contributed by atoms with Crippen LogP contribution in [0.4, 0.5) is 0 Å². The van der Waals surface area contributed by atoms with Crippen molar-refractivity contribution >= 4 is 0 Å². The summed E-state index contributed by atoms with van der Waals surface area (Å²) in [6.45, 7) is 4.02.